The summed E-state index contributed by atoms with van der Waals surface area (Å²) in [5, 5.41) is 9.04. The number of rotatable bonds is 11. The Bertz CT molecular complexity index is 3390. The Kier molecular flexibility index (Phi) is 11.9. The van der Waals surface area contributed by atoms with Crippen LogP contribution < -0.4 is 5.32 Å². The summed E-state index contributed by atoms with van der Waals surface area (Å²) in [5.74, 6) is 0. The highest BCUT2D eigenvalue weighted by molar-refractivity contribution is 6.11. The molecule has 0 atom stereocenters. The van der Waals surface area contributed by atoms with E-state index in [4.69, 9.17) is 0 Å². The molecular weight excluding hydrogens is 787 g/mol. The van der Waals surface area contributed by atoms with Crippen LogP contribution in [0.3, 0.4) is 0 Å². The van der Waals surface area contributed by atoms with Crippen LogP contribution in [0.25, 0.3) is 77.2 Å². The third-order valence-electron chi connectivity index (χ3n) is 12.8. The number of benzene rings is 9. The SMILES string of the molecule is CCCCc1cc(-c2ccc3c(c2)c2ccccc2n3-c2ccccc2)ccc1Nc1ccc(-c2ccc3c(c2)c2ccccc2n3-c2ccccc2)cc1CCC.Cc1ccccc1. The van der Waals surface area contributed by atoms with Gasteiger partial charge in [-0.05, 0) is 144 Å². The molecule has 0 amide bonds. The van der Waals surface area contributed by atoms with E-state index in [1.165, 1.54) is 105 Å². The fraction of sp³-hybridized carbons (Fsp3) is 0.129. The number of unbranched alkanes of at least 4 members (excludes halogenated alkanes) is 1. The molecule has 3 nitrogen and oxygen atoms in total. The van der Waals surface area contributed by atoms with Crippen molar-refractivity contribution < 1.29 is 0 Å². The molecule has 0 unspecified atom stereocenters. The van der Waals surface area contributed by atoms with Crippen molar-refractivity contribution in [1.29, 1.82) is 0 Å². The Morgan fingerprint density at radius 3 is 1.20 bits per heavy atom. The number of para-hydroxylation sites is 4. The van der Waals surface area contributed by atoms with Crippen molar-refractivity contribution in [3.63, 3.8) is 0 Å². The summed E-state index contributed by atoms with van der Waals surface area (Å²) in [6, 6.07) is 77.1. The van der Waals surface area contributed by atoms with Crippen molar-refractivity contribution in [3.05, 3.63) is 229 Å². The topological polar surface area (TPSA) is 21.9 Å². The van der Waals surface area contributed by atoms with Gasteiger partial charge in [-0.2, -0.15) is 0 Å². The van der Waals surface area contributed by atoms with Gasteiger partial charge in [0.25, 0.3) is 0 Å². The van der Waals surface area contributed by atoms with E-state index in [0.717, 1.165) is 32.1 Å². The Balaban J connectivity index is 0.000000652. The summed E-state index contributed by atoms with van der Waals surface area (Å²) in [5.41, 5.74) is 18.7. The van der Waals surface area contributed by atoms with Crippen LogP contribution in [0, 0.1) is 6.92 Å². The second kappa shape index (κ2) is 18.6. The number of fused-ring (bicyclic) bond motifs is 6. The molecule has 0 saturated heterocycles. The monoisotopic (exact) mass is 841 g/mol. The van der Waals surface area contributed by atoms with Gasteiger partial charge in [-0.25, -0.2) is 0 Å². The van der Waals surface area contributed by atoms with Crippen molar-refractivity contribution in [2.75, 3.05) is 5.32 Å². The average molecular weight is 842 g/mol. The van der Waals surface area contributed by atoms with Crippen molar-refractivity contribution in [2.24, 2.45) is 0 Å². The van der Waals surface area contributed by atoms with Crippen LogP contribution in [0.1, 0.15) is 49.8 Å². The van der Waals surface area contributed by atoms with Gasteiger partial charge in [-0.1, -0.05) is 160 Å². The molecule has 65 heavy (non-hydrogen) atoms. The molecule has 0 bridgehead atoms. The molecule has 9 aromatic carbocycles. The van der Waals surface area contributed by atoms with E-state index >= 15 is 0 Å². The summed E-state index contributed by atoms with van der Waals surface area (Å²) in [7, 11) is 0. The number of aromatic nitrogens is 2. The van der Waals surface area contributed by atoms with E-state index in [1.54, 1.807) is 0 Å². The third-order valence-corrected chi connectivity index (χ3v) is 12.8. The first-order chi connectivity index (χ1) is 32.1. The van der Waals surface area contributed by atoms with Crippen LogP contribution in [-0.2, 0) is 12.8 Å². The molecule has 0 aliphatic heterocycles. The highest BCUT2D eigenvalue weighted by Crippen LogP contribution is 2.39. The van der Waals surface area contributed by atoms with Crippen LogP contribution in [0.15, 0.2) is 212 Å². The quantitative estimate of drug-likeness (QED) is 0.138. The molecule has 3 heteroatoms. The van der Waals surface area contributed by atoms with Crippen LogP contribution in [0.2, 0.25) is 0 Å². The molecule has 318 valence electrons. The molecule has 11 aromatic rings. The van der Waals surface area contributed by atoms with Gasteiger partial charge in [0, 0.05) is 44.3 Å². The lowest BCUT2D eigenvalue weighted by Crippen LogP contribution is -2.01. The number of anilines is 2. The standard InChI is InChI=1S/C55H47N3.C7H8/c1-3-5-17-43-35-39(41-29-33-55-49(37-41)47-23-13-15-25-53(47)58(55)45-20-10-7-11-21-45)27-31-51(43)56-50-30-26-38(34-42(50)16-4-2)40-28-32-54-48(36-40)46-22-12-14-24-52(46)57(54)44-18-8-6-9-19-44;1-7-5-3-2-4-6-7/h6-15,18-37,56H,3-5,16-17H2,1-2H3;2-6H,1H3. The lowest BCUT2D eigenvalue weighted by atomic mass is 9.96. The lowest BCUT2D eigenvalue weighted by Gasteiger charge is -2.18. The van der Waals surface area contributed by atoms with Crippen molar-refractivity contribution in [1.82, 2.24) is 9.13 Å². The fourth-order valence-electron chi connectivity index (χ4n) is 9.54. The summed E-state index contributed by atoms with van der Waals surface area (Å²) >= 11 is 0. The van der Waals surface area contributed by atoms with E-state index in [-0.39, 0.29) is 0 Å². The number of hydrogen-bond donors (Lipinski definition) is 1. The lowest BCUT2D eigenvalue weighted by molar-refractivity contribution is 0.796. The van der Waals surface area contributed by atoms with E-state index in [0.29, 0.717) is 0 Å². The van der Waals surface area contributed by atoms with Gasteiger partial charge in [0.05, 0.1) is 22.1 Å². The zero-order chi connectivity index (χ0) is 44.1. The van der Waals surface area contributed by atoms with Crippen molar-refractivity contribution >= 4 is 55.0 Å². The molecular formula is C62H55N3. The largest absolute Gasteiger partial charge is 0.355 e. The summed E-state index contributed by atoms with van der Waals surface area (Å²) < 4.78 is 4.77. The third kappa shape index (κ3) is 8.34. The maximum absolute atomic E-state index is 3.94. The predicted octanol–water partition coefficient (Wildman–Crippen LogP) is 17.2. The second-order valence-electron chi connectivity index (χ2n) is 17.2. The minimum atomic E-state index is 1.00. The summed E-state index contributed by atoms with van der Waals surface area (Å²) in [4.78, 5) is 0. The molecule has 2 aromatic heterocycles. The molecule has 11 rings (SSSR count). The molecule has 0 radical (unpaired) electrons. The number of nitrogens with zero attached hydrogens (tertiary/aromatic N) is 2. The van der Waals surface area contributed by atoms with E-state index < -0.39 is 0 Å². The molecule has 0 spiro atoms. The van der Waals surface area contributed by atoms with Gasteiger partial charge < -0.3 is 14.5 Å². The molecule has 0 fully saturated rings. The Labute approximate surface area is 383 Å². The van der Waals surface area contributed by atoms with Crippen LogP contribution >= 0.6 is 0 Å². The molecule has 1 N–H and O–H groups in total. The smallest absolute Gasteiger partial charge is 0.0541 e. The molecule has 0 aliphatic carbocycles. The van der Waals surface area contributed by atoms with Crippen molar-refractivity contribution in [3.8, 4) is 33.6 Å². The van der Waals surface area contributed by atoms with Gasteiger partial charge in [0.1, 0.15) is 0 Å². The molecule has 0 saturated carbocycles. The number of nitrogens with one attached hydrogen (secondary N) is 1. The number of hydrogen-bond acceptors (Lipinski definition) is 1. The van der Waals surface area contributed by atoms with E-state index in [2.05, 4.69) is 229 Å². The minimum absolute atomic E-state index is 1.00. The normalized spacial score (nSPS) is 11.3. The van der Waals surface area contributed by atoms with Gasteiger partial charge >= 0.3 is 0 Å². The zero-order valence-electron chi connectivity index (χ0n) is 37.6. The average Bonchev–Trinajstić information content (AvgIpc) is 3.87. The summed E-state index contributed by atoms with van der Waals surface area (Å²) in [6.45, 7) is 6.64. The minimum Gasteiger partial charge on any atom is -0.355 e. The maximum atomic E-state index is 3.94. The van der Waals surface area contributed by atoms with Gasteiger partial charge in [-0.3, -0.25) is 0 Å². The van der Waals surface area contributed by atoms with Crippen LogP contribution in [-0.4, -0.2) is 9.13 Å². The Morgan fingerprint density at radius 2 is 0.754 bits per heavy atom. The highest BCUT2D eigenvalue weighted by atomic mass is 15.0. The van der Waals surface area contributed by atoms with Gasteiger partial charge in [-0.15, -0.1) is 0 Å². The first-order valence-corrected chi connectivity index (χ1v) is 23.3. The Morgan fingerprint density at radius 1 is 0.354 bits per heavy atom. The maximum Gasteiger partial charge on any atom is 0.0541 e. The number of aryl methyl sites for hydroxylation is 3. The zero-order valence-corrected chi connectivity index (χ0v) is 37.6. The fourth-order valence-corrected chi connectivity index (χ4v) is 9.54. The van der Waals surface area contributed by atoms with Crippen LogP contribution in [0.4, 0.5) is 11.4 Å². The highest BCUT2D eigenvalue weighted by Gasteiger charge is 2.16. The van der Waals surface area contributed by atoms with E-state index in [1.807, 2.05) is 18.2 Å². The van der Waals surface area contributed by atoms with Gasteiger partial charge in [0.15, 0.2) is 0 Å². The van der Waals surface area contributed by atoms with Crippen LogP contribution in [0.5, 0.6) is 0 Å². The Hall–Kier alpha value is -7.62. The second-order valence-corrected chi connectivity index (χ2v) is 17.2. The van der Waals surface area contributed by atoms with Gasteiger partial charge in [0.2, 0.25) is 0 Å². The first kappa shape index (κ1) is 41.4. The predicted molar refractivity (Wildman–Crippen MR) is 280 cm³/mol. The molecule has 2 heterocycles. The first-order valence-electron chi connectivity index (χ1n) is 23.3. The van der Waals surface area contributed by atoms with E-state index in [9.17, 15) is 0 Å². The summed E-state index contributed by atoms with van der Waals surface area (Å²) in [6.07, 6.45) is 5.40. The molecule has 0 aliphatic rings. The van der Waals surface area contributed by atoms with Crippen molar-refractivity contribution in [2.45, 2.75) is 52.9 Å².